The normalized spacial score (nSPS) is 42.0. The zero-order valence-corrected chi connectivity index (χ0v) is 7.53. The van der Waals surface area contributed by atoms with Crippen LogP contribution in [0.2, 0.25) is 0 Å². The lowest BCUT2D eigenvalue weighted by molar-refractivity contribution is -0.0169. The number of carbonyl (C=O) groups excluding carboxylic acids is 1. The molecule has 0 radical (unpaired) electrons. The van der Waals surface area contributed by atoms with E-state index in [-0.39, 0.29) is 18.2 Å². The van der Waals surface area contributed by atoms with Crippen molar-refractivity contribution in [1.29, 1.82) is 0 Å². The monoisotopic (exact) mass is 186 g/mol. The molecule has 4 atom stereocenters. The van der Waals surface area contributed by atoms with Crippen LogP contribution in [-0.4, -0.2) is 38.0 Å². The number of alkyl carbamates (subject to hydrolysis) is 1. The molecule has 5 heteroatoms. The molecule has 0 aromatic heterocycles. The molecule has 0 aromatic carbocycles. The van der Waals surface area contributed by atoms with Gasteiger partial charge in [0.1, 0.15) is 0 Å². The number of amides is 1. The molecular weight excluding hydrogens is 172 g/mol. The second-order valence-corrected chi connectivity index (χ2v) is 3.53. The third-order valence-corrected chi connectivity index (χ3v) is 2.92. The summed E-state index contributed by atoms with van der Waals surface area (Å²) in [7, 11) is 1.34. The average molecular weight is 186 g/mol. The lowest BCUT2D eigenvalue weighted by atomic mass is 9.72. The molecule has 1 aliphatic heterocycles. The number of nitrogens with two attached hydrogens (primary N) is 1. The third kappa shape index (κ3) is 1.28. The number of carbonyl (C=O) groups is 1. The van der Waals surface area contributed by atoms with Gasteiger partial charge in [0.05, 0.1) is 19.3 Å². The molecule has 1 saturated heterocycles. The fraction of sp³-hybridized carbons (Fsp3) is 0.875. The summed E-state index contributed by atoms with van der Waals surface area (Å²) in [6, 6.07) is -0.0495. The Bertz CT molecular complexity index is 221. The van der Waals surface area contributed by atoms with E-state index < -0.39 is 6.09 Å². The molecule has 0 aromatic rings. The smallest absolute Gasteiger partial charge is 0.407 e. The van der Waals surface area contributed by atoms with E-state index in [1.165, 1.54) is 7.11 Å². The number of hydrogen-bond donors (Lipinski definition) is 2. The summed E-state index contributed by atoms with van der Waals surface area (Å²) in [5, 5.41) is 2.68. The number of ether oxygens (including phenoxy) is 2. The molecule has 5 nitrogen and oxygen atoms in total. The molecule has 13 heavy (non-hydrogen) atoms. The summed E-state index contributed by atoms with van der Waals surface area (Å²) < 4.78 is 9.92. The molecule has 1 saturated carbocycles. The molecule has 1 heterocycles. The minimum Gasteiger partial charge on any atom is -0.453 e. The molecule has 2 fully saturated rings. The van der Waals surface area contributed by atoms with Gasteiger partial charge in [-0.3, -0.25) is 0 Å². The van der Waals surface area contributed by atoms with Crippen molar-refractivity contribution in [2.45, 2.75) is 24.6 Å². The molecule has 1 aliphatic carbocycles. The van der Waals surface area contributed by atoms with Crippen molar-refractivity contribution in [3.63, 3.8) is 0 Å². The van der Waals surface area contributed by atoms with E-state index in [4.69, 9.17) is 10.5 Å². The van der Waals surface area contributed by atoms with Crippen LogP contribution in [0.25, 0.3) is 0 Å². The van der Waals surface area contributed by atoms with Gasteiger partial charge >= 0.3 is 6.09 Å². The second-order valence-electron chi connectivity index (χ2n) is 3.53. The molecule has 0 bridgehead atoms. The first-order valence-corrected chi connectivity index (χ1v) is 4.45. The summed E-state index contributed by atoms with van der Waals surface area (Å²) in [5.41, 5.74) is 5.86. The van der Waals surface area contributed by atoms with Crippen LogP contribution in [0.1, 0.15) is 6.42 Å². The van der Waals surface area contributed by atoms with Crippen LogP contribution in [0.3, 0.4) is 0 Å². The van der Waals surface area contributed by atoms with Gasteiger partial charge in [0, 0.05) is 18.6 Å². The highest BCUT2D eigenvalue weighted by molar-refractivity contribution is 5.67. The maximum atomic E-state index is 10.9. The summed E-state index contributed by atoms with van der Waals surface area (Å²) in [5.74, 6) is 0.419. The van der Waals surface area contributed by atoms with E-state index in [9.17, 15) is 4.79 Å². The first-order valence-electron chi connectivity index (χ1n) is 4.45. The quantitative estimate of drug-likeness (QED) is 0.576. The van der Waals surface area contributed by atoms with Crippen molar-refractivity contribution in [3.05, 3.63) is 0 Å². The van der Waals surface area contributed by atoms with Crippen LogP contribution < -0.4 is 11.1 Å². The number of hydrogen-bond acceptors (Lipinski definition) is 4. The largest absolute Gasteiger partial charge is 0.453 e. The van der Waals surface area contributed by atoms with Gasteiger partial charge in [-0.25, -0.2) is 4.79 Å². The minimum absolute atomic E-state index is 0.0200. The van der Waals surface area contributed by atoms with Gasteiger partial charge < -0.3 is 20.5 Å². The van der Waals surface area contributed by atoms with Gasteiger partial charge in [-0.1, -0.05) is 0 Å². The Hall–Kier alpha value is -0.810. The van der Waals surface area contributed by atoms with Crippen molar-refractivity contribution in [2.75, 3.05) is 13.7 Å². The van der Waals surface area contributed by atoms with Gasteiger partial charge in [-0.15, -0.1) is 0 Å². The summed E-state index contributed by atoms with van der Waals surface area (Å²) >= 11 is 0. The minimum atomic E-state index is -0.436. The molecule has 3 N–H and O–H groups in total. The average Bonchev–Trinajstić information content (AvgIpc) is 2.58. The highest BCUT2D eigenvalue weighted by atomic mass is 16.5. The predicted octanol–water partition coefficient (Wildman–Crippen LogP) is -0.543. The fourth-order valence-corrected chi connectivity index (χ4v) is 2.12. The lowest BCUT2D eigenvalue weighted by Gasteiger charge is -2.45. The van der Waals surface area contributed by atoms with E-state index in [0.29, 0.717) is 5.92 Å². The van der Waals surface area contributed by atoms with Crippen LogP contribution in [0.15, 0.2) is 0 Å². The topological polar surface area (TPSA) is 73.6 Å². The van der Waals surface area contributed by atoms with Gasteiger partial charge in [0.2, 0.25) is 0 Å². The molecule has 0 spiro atoms. The first kappa shape index (κ1) is 8.77. The zero-order chi connectivity index (χ0) is 9.42. The molecule has 74 valence electrons. The number of nitrogens with one attached hydrogen (secondary N) is 1. The second kappa shape index (κ2) is 3.16. The van der Waals surface area contributed by atoms with Crippen molar-refractivity contribution in [3.8, 4) is 0 Å². The molecule has 2 rings (SSSR count). The zero-order valence-electron chi connectivity index (χ0n) is 7.53. The van der Waals surface area contributed by atoms with Gasteiger partial charge in [-0.2, -0.15) is 0 Å². The van der Waals surface area contributed by atoms with Crippen molar-refractivity contribution < 1.29 is 14.3 Å². The SMILES string of the molecule is COC(=O)NC1C(N)C2CCOC21. The molecule has 1 amide bonds. The van der Waals surface area contributed by atoms with Gasteiger partial charge in [0.25, 0.3) is 0 Å². The lowest BCUT2D eigenvalue weighted by Crippen LogP contribution is -2.68. The summed E-state index contributed by atoms with van der Waals surface area (Å²) in [6.07, 6.45) is 0.675. The number of fused-ring (bicyclic) bond motifs is 1. The van der Waals surface area contributed by atoms with Crippen LogP contribution in [0.4, 0.5) is 4.79 Å². The van der Waals surface area contributed by atoms with E-state index >= 15 is 0 Å². The Labute approximate surface area is 76.6 Å². The maximum Gasteiger partial charge on any atom is 0.407 e. The molecule has 4 unspecified atom stereocenters. The number of rotatable bonds is 1. The van der Waals surface area contributed by atoms with E-state index in [2.05, 4.69) is 10.1 Å². The summed E-state index contributed by atoms with van der Waals surface area (Å²) in [4.78, 5) is 10.9. The predicted molar refractivity (Wildman–Crippen MR) is 45.2 cm³/mol. The third-order valence-electron chi connectivity index (χ3n) is 2.92. The van der Waals surface area contributed by atoms with Crippen molar-refractivity contribution >= 4 is 6.09 Å². The van der Waals surface area contributed by atoms with Gasteiger partial charge in [0.15, 0.2) is 0 Å². The molecular formula is C8H14N2O3. The van der Waals surface area contributed by atoms with E-state index in [1.54, 1.807) is 0 Å². The number of methoxy groups -OCH3 is 1. The molecule has 2 aliphatic rings. The van der Waals surface area contributed by atoms with Crippen LogP contribution >= 0.6 is 0 Å². The Morgan fingerprint density at radius 1 is 1.69 bits per heavy atom. The van der Waals surface area contributed by atoms with Crippen molar-refractivity contribution in [1.82, 2.24) is 5.32 Å². The van der Waals surface area contributed by atoms with Crippen LogP contribution in [0, 0.1) is 5.92 Å². The van der Waals surface area contributed by atoms with E-state index in [0.717, 1.165) is 13.0 Å². The first-order chi connectivity index (χ1) is 6.24. The van der Waals surface area contributed by atoms with Crippen LogP contribution in [-0.2, 0) is 9.47 Å². The Balaban J connectivity index is 1.90. The Morgan fingerprint density at radius 3 is 3.15 bits per heavy atom. The fourth-order valence-electron chi connectivity index (χ4n) is 2.12. The van der Waals surface area contributed by atoms with Crippen LogP contribution in [0.5, 0.6) is 0 Å². The summed E-state index contributed by atoms with van der Waals surface area (Å²) in [6.45, 7) is 0.752. The van der Waals surface area contributed by atoms with Gasteiger partial charge in [-0.05, 0) is 6.42 Å². The van der Waals surface area contributed by atoms with E-state index in [1.807, 2.05) is 0 Å². The van der Waals surface area contributed by atoms with Crippen molar-refractivity contribution in [2.24, 2.45) is 11.7 Å². The maximum absolute atomic E-state index is 10.9. The standard InChI is InChI=1S/C8H14N2O3/c1-12-8(11)10-6-5(9)4-2-3-13-7(4)6/h4-7H,2-3,9H2,1H3,(H,10,11). The highest BCUT2D eigenvalue weighted by Gasteiger charge is 2.52. The Kier molecular flexibility index (Phi) is 2.13. The Morgan fingerprint density at radius 2 is 2.46 bits per heavy atom. The highest BCUT2D eigenvalue weighted by Crippen LogP contribution is 2.37.